The van der Waals surface area contributed by atoms with Gasteiger partial charge in [0.2, 0.25) is 0 Å². The fraction of sp³-hybridized carbons (Fsp3) is 0.316. The van der Waals surface area contributed by atoms with E-state index in [1.165, 1.54) is 25.8 Å². The lowest BCUT2D eigenvalue weighted by molar-refractivity contribution is -0.136. The first-order valence-corrected chi connectivity index (χ1v) is 8.58. The Morgan fingerprint density at radius 1 is 1.11 bits per heavy atom. The van der Waals surface area contributed by atoms with E-state index in [4.69, 9.17) is 14.2 Å². The van der Waals surface area contributed by atoms with Crippen LogP contribution in [0, 0.1) is 0 Å². The fourth-order valence-corrected chi connectivity index (χ4v) is 3.83. The van der Waals surface area contributed by atoms with Crippen molar-refractivity contribution in [2.24, 2.45) is 14.1 Å². The highest BCUT2D eigenvalue weighted by molar-refractivity contribution is 5.97. The number of esters is 1. The molecule has 0 bridgehead atoms. The van der Waals surface area contributed by atoms with Crippen LogP contribution in [-0.2, 0) is 23.6 Å². The summed E-state index contributed by atoms with van der Waals surface area (Å²) in [5.74, 6) is -0.0729. The molecule has 2 aliphatic rings. The van der Waals surface area contributed by atoms with Gasteiger partial charge in [0.15, 0.2) is 11.5 Å². The minimum atomic E-state index is -0.767. The number of rotatable bonds is 3. The Kier molecular flexibility index (Phi) is 4.02. The van der Waals surface area contributed by atoms with Crippen LogP contribution >= 0.6 is 0 Å². The maximum atomic E-state index is 13.1. The standard InChI is InChI=1S/C19H19N3O6/c1-21-16-14(17(23)22(2)19(21)25)12(13-10(20-16)8-28-18(13)24)9-6-5-7-11(26-3)15(9)27-4/h5-7,12,20H,8H2,1-4H3/t12-/m0/s1. The summed E-state index contributed by atoms with van der Waals surface area (Å²) < 4.78 is 18.5. The SMILES string of the molecule is COc1cccc([C@H]2C3=C(COC3=O)Nc3c2c(=O)n(C)c(=O)n3C)c1OC. The molecule has 1 N–H and O–H groups in total. The van der Waals surface area contributed by atoms with Gasteiger partial charge in [-0.1, -0.05) is 12.1 Å². The van der Waals surface area contributed by atoms with E-state index in [-0.39, 0.29) is 12.2 Å². The van der Waals surface area contributed by atoms with Gasteiger partial charge in [-0.25, -0.2) is 9.59 Å². The maximum Gasteiger partial charge on any atom is 0.337 e. The lowest BCUT2D eigenvalue weighted by Gasteiger charge is -2.29. The zero-order chi connectivity index (χ0) is 20.2. The van der Waals surface area contributed by atoms with Gasteiger partial charge in [0, 0.05) is 19.7 Å². The molecule has 28 heavy (non-hydrogen) atoms. The molecule has 1 aromatic heterocycles. The van der Waals surface area contributed by atoms with Crippen LogP contribution in [0.2, 0.25) is 0 Å². The number of benzene rings is 1. The van der Waals surface area contributed by atoms with Crippen LogP contribution in [0.3, 0.4) is 0 Å². The van der Waals surface area contributed by atoms with Crippen LogP contribution in [0.25, 0.3) is 0 Å². The Morgan fingerprint density at radius 2 is 1.86 bits per heavy atom. The van der Waals surface area contributed by atoms with Crippen molar-refractivity contribution >= 4 is 11.8 Å². The summed E-state index contributed by atoms with van der Waals surface area (Å²) in [6.45, 7) is 0.0415. The van der Waals surface area contributed by atoms with Crippen LogP contribution in [0.5, 0.6) is 11.5 Å². The smallest absolute Gasteiger partial charge is 0.337 e. The largest absolute Gasteiger partial charge is 0.493 e. The van der Waals surface area contributed by atoms with Gasteiger partial charge in [-0.15, -0.1) is 0 Å². The van der Waals surface area contributed by atoms with Crippen molar-refractivity contribution in [3.8, 4) is 11.5 Å². The van der Waals surface area contributed by atoms with Crippen molar-refractivity contribution in [2.75, 3.05) is 26.1 Å². The number of nitrogens with one attached hydrogen (secondary N) is 1. The average Bonchev–Trinajstić information content (AvgIpc) is 3.09. The lowest BCUT2D eigenvalue weighted by atomic mass is 9.82. The molecule has 0 unspecified atom stereocenters. The quantitative estimate of drug-likeness (QED) is 0.767. The number of hydrogen-bond donors (Lipinski definition) is 1. The van der Waals surface area contributed by atoms with E-state index in [1.807, 2.05) is 0 Å². The molecule has 2 aliphatic heterocycles. The fourth-order valence-electron chi connectivity index (χ4n) is 3.83. The number of hydrogen-bond acceptors (Lipinski definition) is 7. The van der Waals surface area contributed by atoms with Gasteiger partial charge < -0.3 is 19.5 Å². The van der Waals surface area contributed by atoms with Gasteiger partial charge in [0.1, 0.15) is 12.4 Å². The van der Waals surface area contributed by atoms with E-state index in [0.717, 1.165) is 4.57 Å². The van der Waals surface area contributed by atoms with E-state index in [9.17, 15) is 14.4 Å². The Balaban J connectivity index is 2.12. The Hall–Kier alpha value is -3.49. The van der Waals surface area contributed by atoms with Crippen molar-refractivity contribution in [1.29, 1.82) is 0 Å². The highest BCUT2D eigenvalue weighted by atomic mass is 16.5. The Labute approximate surface area is 159 Å². The lowest BCUT2D eigenvalue weighted by Crippen LogP contribution is -2.43. The number of nitrogens with zero attached hydrogens (tertiary/aromatic N) is 2. The Bertz CT molecular complexity index is 1160. The van der Waals surface area contributed by atoms with Crippen LogP contribution < -0.4 is 26.0 Å². The van der Waals surface area contributed by atoms with Crippen LogP contribution in [0.15, 0.2) is 39.1 Å². The van der Waals surface area contributed by atoms with Gasteiger partial charge in [0.05, 0.1) is 37.0 Å². The number of ether oxygens (including phenoxy) is 3. The summed E-state index contributed by atoms with van der Waals surface area (Å²) in [6, 6.07) is 5.25. The molecule has 4 rings (SSSR count). The average molecular weight is 385 g/mol. The number of para-hydroxylation sites is 1. The second-order valence-corrected chi connectivity index (χ2v) is 6.58. The van der Waals surface area contributed by atoms with Crippen LogP contribution in [-0.4, -0.2) is 35.9 Å². The van der Waals surface area contributed by atoms with Crippen molar-refractivity contribution in [3.63, 3.8) is 0 Å². The van der Waals surface area contributed by atoms with E-state index in [2.05, 4.69) is 5.32 Å². The van der Waals surface area contributed by atoms with E-state index >= 15 is 0 Å². The predicted octanol–water partition coefficient (Wildman–Crippen LogP) is 0.469. The Morgan fingerprint density at radius 3 is 2.54 bits per heavy atom. The number of aromatic nitrogens is 2. The van der Waals surface area contributed by atoms with E-state index < -0.39 is 23.1 Å². The van der Waals surface area contributed by atoms with Crippen LogP contribution in [0.4, 0.5) is 5.82 Å². The van der Waals surface area contributed by atoms with Gasteiger partial charge in [-0.2, -0.15) is 0 Å². The van der Waals surface area contributed by atoms with Crippen molar-refractivity contribution in [3.05, 3.63) is 61.4 Å². The molecule has 9 heteroatoms. The highest BCUT2D eigenvalue weighted by Crippen LogP contribution is 2.47. The summed E-state index contributed by atoms with van der Waals surface area (Å²) in [4.78, 5) is 38.0. The zero-order valence-corrected chi connectivity index (χ0v) is 15.9. The summed E-state index contributed by atoms with van der Waals surface area (Å²) in [5.41, 5.74) is 0.736. The number of fused-ring (bicyclic) bond motifs is 1. The minimum absolute atomic E-state index is 0.0415. The van der Waals surface area contributed by atoms with E-state index in [0.29, 0.717) is 34.2 Å². The number of anilines is 1. The van der Waals surface area contributed by atoms with E-state index in [1.54, 1.807) is 25.2 Å². The minimum Gasteiger partial charge on any atom is -0.493 e. The second kappa shape index (κ2) is 6.29. The van der Waals surface area contributed by atoms with Gasteiger partial charge in [-0.3, -0.25) is 13.9 Å². The molecule has 0 radical (unpaired) electrons. The molecule has 1 atom stereocenters. The van der Waals surface area contributed by atoms with Gasteiger partial charge >= 0.3 is 11.7 Å². The molecule has 1 aromatic carbocycles. The van der Waals surface area contributed by atoms with Crippen molar-refractivity contribution in [1.82, 2.24) is 9.13 Å². The third kappa shape index (κ3) is 2.29. The molecule has 0 spiro atoms. The monoisotopic (exact) mass is 385 g/mol. The van der Waals surface area contributed by atoms with Crippen LogP contribution in [0.1, 0.15) is 17.0 Å². The first-order chi connectivity index (χ1) is 13.4. The highest BCUT2D eigenvalue weighted by Gasteiger charge is 2.43. The summed E-state index contributed by atoms with van der Waals surface area (Å²) in [6.07, 6.45) is 0. The molecule has 9 nitrogen and oxygen atoms in total. The first-order valence-electron chi connectivity index (χ1n) is 8.58. The summed E-state index contributed by atoms with van der Waals surface area (Å²) >= 11 is 0. The summed E-state index contributed by atoms with van der Waals surface area (Å²) in [5, 5.41) is 3.04. The molecule has 146 valence electrons. The number of carbonyl (C=O) groups is 1. The molecule has 0 aliphatic carbocycles. The van der Waals surface area contributed by atoms with Crippen molar-refractivity contribution < 1.29 is 19.0 Å². The zero-order valence-electron chi connectivity index (χ0n) is 15.9. The van der Waals surface area contributed by atoms with Gasteiger partial charge in [0.25, 0.3) is 5.56 Å². The number of cyclic esters (lactones) is 1. The molecule has 0 fully saturated rings. The molecule has 0 amide bonds. The predicted molar refractivity (Wildman–Crippen MR) is 99.9 cm³/mol. The molecule has 0 saturated heterocycles. The topological polar surface area (TPSA) is 101 Å². The molecule has 2 aromatic rings. The molecule has 0 saturated carbocycles. The molecular formula is C19H19N3O6. The third-order valence-electron chi connectivity index (χ3n) is 5.18. The normalized spacial score (nSPS) is 17.6. The molecular weight excluding hydrogens is 366 g/mol. The molecule has 3 heterocycles. The summed E-state index contributed by atoms with van der Waals surface area (Å²) in [7, 11) is 5.97. The first kappa shape index (κ1) is 17.9. The van der Waals surface area contributed by atoms with Gasteiger partial charge in [-0.05, 0) is 6.07 Å². The number of methoxy groups -OCH3 is 2. The second-order valence-electron chi connectivity index (χ2n) is 6.58. The van der Waals surface area contributed by atoms with Crippen molar-refractivity contribution in [2.45, 2.75) is 5.92 Å². The maximum absolute atomic E-state index is 13.1. The third-order valence-corrected chi connectivity index (χ3v) is 5.18. The number of carbonyl (C=O) groups excluding carboxylic acids is 1.